The van der Waals surface area contributed by atoms with Gasteiger partial charge in [-0.1, -0.05) is 0 Å². The van der Waals surface area contributed by atoms with Gasteiger partial charge in [0.25, 0.3) is 0 Å². The molecule has 0 aromatic carbocycles. The zero-order chi connectivity index (χ0) is 12.3. The van der Waals surface area contributed by atoms with Crippen LogP contribution < -0.4 is 5.32 Å². The quantitative estimate of drug-likeness (QED) is 0.838. The predicted octanol–water partition coefficient (Wildman–Crippen LogP) is 1.63. The summed E-state index contributed by atoms with van der Waals surface area (Å²) in [5, 5.41) is 12.2. The van der Waals surface area contributed by atoms with Gasteiger partial charge in [-0.25, -0.2) is 4.79 Å². The Morgan fingerprint density at radius 1 is 1.65 bits per heavy atom. The largest absolute Gasteiger partial charge is 0.477 e. The Morgan fingerprint density at radius 2 is 2.47 bits per heavy atom. The predicted molar refractivity (Wildman–Crippen MR) is 68.6 cm³/mol. The maximum absolute atomic E-state index is 10.7. The van der Waals surface area contributed by atoms with Gasteiger partial charge < -0.3 is 15.3 Å². The van der Waals surface area contributed by atoms with E-state index < -0.39 is 5.97 Å². The van der Waals surface area contributed by atoms with Crippen molar-refractivity contribution in [3.63, 3.8) is 0 Å². The molecule has 0 bridgehead atoms. The van der Waals surface area contributed by atoms with Gasteiger partial charge in [-0.2, -0.15) is 0 Å². The van der Waals surface area contributed by atoms with E-state index in [9.17, 15) is 4.79 Å². The summed E-state index contributed by atoms with van der Waals surface area (Å²) in [5.74, 6) is -0.836. The molecule has 0 amide bonds. The first-order valence-corrected chi connectivity index (χ1v) is 6.71. The molecule has 94 valence electrons. The zero-order valence-corrected chi connectivity index (χ0v) is 10.8. The van der Waals surface area contributed by atoms with Crippen LogP contribution in [0.4, 0.5) is 0 Å². The first kappa shape index (κ1) is 12.5. The lowest BCUT2D eigenvalue weighted by Gasteiger charge is -2.19. The lowest BCUT2D eigenvalue weighted by Crippen LogP contribution is -2.35. The number of carboxylic acids is 1. The number of nitrogens with zero attached hydrogens (tertiary/aromatic N) is 1. The average Bonchev–Trinajstić information content (AvgIpc) is 2.89. The van der Waals surface area contributed by atoms with Crippen molar-refractivity contribution in [2.75, 3.05) is 20.1 Å². The van der Waals surface area contributed by atoms with Crippen LogP contribution >= 0.6 is 11.3 Å². The Hall–Kier alpha value is -0.910. The number of carbonyl (C=O) groups is 1. The second-order valence-corrected chi connectivity index (χ2v) is 5.65. The molecule has 0 aliphatic carbocycles. The molecule has 1 saturated heterocycles. The van der Waals surface area contributed by atoms with Crippen LogP contribution in [0.5, 0.6) is 0 Å². The molecule has 0 spiro atoms. The second-order valence-electron chi connectivity index (χ2n) is 4.48. The standard InChI is InChI=1S/C12H18N2O2S/c1-14-6-2-3-9(14)7-13-8-10-4-5-11(17-10)12(15)16/h4-5,9,13H,2-3,6-8H2,1H3,(H,15,16). The summed E-state index contributed by atoms with van der Waals surface area (Å²) in [6.45, 7) is 2.94. The minimum Gasteiger partial charge on any atom is -0.477 e. The fourth-order valence-electron chi connectivity index (χ4n) is 2.19. The van der Waals surface area contributed by atoms with Gasteiger partial charge in [0, 0.05) is 24.0 Å². The molecule has 1 atom stereocenters. The number of rotatable bonds is 5. The Balaban J connectivity index is 1.76. The Morgan fingerprint density at radius 3 is 3.06 bits per heavy atom. The molecule has 5 heteroatoms. The monoisotopic (exact) mass is 254 g/mol. The van der Waals surface area contributed by atoms with Crippen LogP contribution in [0, 0.1) is 0 Å². The second kappa shape index (κ2) is 5.62. The fourth-order valence-corrected chi connectivity index (χ4v) is 3.00. The number of likely N-dealkylation sites (tertiary alicyclic amines) is 1. The van der Waals surface area contributed by atoms with Gasteiger partial charge in [0.15, 0.2) is 0 Å². The minimum atomic E-state index is -0.836. The van der Waals surface area contributed by atoms with Crippen LogP contribution in [0.2, 0.25) is 0 Å². The Bertz CT molecular complexity index is 392. The molecule has 2 rings (SSSR count). The highest BCUT2D eigenvalue weighted by Gasteiger charge is 2.19. The number of carboxylic acid groups (broad SMARTS) is 1. The maximum Gasteiger partial charge on any atom is 0.345 e. The van der Waals surface area contributed by atoms with Crippen molar-refractivity contribution in [3.8, 4) is 0 Å². The molecule has 17 heavy (non-hydrogen) atoms. The van der Waals surface area contributed by atoms with Crippen LogP contribution in [-0.4, -0.2) is 42.2 Å². The summed E-state index contributed by atoms with van der Waals surface area (Å²) >= 11 is 1.35. The highest BCUT2D eigenvalue weighted by atomic mass is 32.1. The SMILES string of the molecule is CN1CCCC1CNCc1ccc(C(=O)O)s1. The number of aromatic carboxylic acids is 1. The molecule has 1 aromatic rings. The van der Waals surface area contributed by atoms with Crippen molar-refractivity contribution in [2.24, 2.45) is 0 Å². The van der Waals surface area contributed by atoms with Gasteiger partial charge in [-0.3, -0.25) is 0 Å². The van der Waals surface area contributed by atoms with E-state index >= 15 is 0 Å². The summed E-state index contributed by atoms with van der Waals surface area (Å²) in [4.78, 5) is 14.6. The molecule has 2 heterocycles. The van der Waals surface area contributed by atoms with Crippen LogP contribution in [0.25, 0.3) is 0 Å². The summed E-state index contributed by atoms with van der Waals surface area (Å²) in [7, 11) is 2.16. The van der Waals surface area contributed by atoms with Gasteiger partial charge in [-0.15, -0.1) is 11.3 Å². The van der Waals surface area contributed by atoms with Gasteiger partial charge >= 0.3 is 5.97 Å². The summed E-state index contributed by atoms with van der Waals surface area (Å²) in [6, 6.07) is 4.19. The Kier molecular flexibility index (Phi) is 4.15. The van der Waals surface area contributed by atoms with Crippen LogP contribution in [-0.2, 0) is 6.54 Å². The number of likely N-dealkylation sites (N-methyl/N-ethyl adjacent to an activating group) is 1. The third kappa shape index (κ3) is 3.28. The van der Waals surface area contributed by atoms with E-state index in [1.807, 2.05) is 6.07 Å². The number of thiophene rings is 1. The van der Waals surface area contributed by atoms with Crippen molar-refractivity contribution in [1.29, 1.82) is 0 Å². The highest BCUT2D eigenvalue weighted by Crippen LogP contribution is 2.17. The van der Waals surface area contributed by atoms with Gasteiger partial charge in [0.05, 0.1) is 0 Å². The molecule has 2 N–H and O–H groups in total. The van der Waals surface area contributed by atoms with E-state index in [-0.39, 0.29) is 0 Å². The van der Waals surface area contributed by atoms with Crippen LogP contribution in [0.15, 0.2) is 12.1 Å². The minimum absolute atomic E-state index is 0.416. The lowest BCUT2D eigenvalue weighted by molar-refractivity contribution is 0.0702. The van der Waals surface area contributed by atoms with Crippen molar-refractivity contribution in [1.82, 2.24) is 10.2 Å². The van der Waals surface area contributed by atoms with Gasteiger partial charge in [0.1, 0.15) is 4.88 Å². The molecule has 1 aromatic heterocycles. The lowest BCUT2D eigenvalue weighted by atomic mass is 10.2. The number of hydrogen-bond donors (Lipinski definition) is 2. The molecule has 4 nitrogen and oxygen atoms in total. The number of hydrogen-bond acceptors (Lipinski definition) is 4. The average molecular weight is 254 g/mol. The van der Waals surface area contributed by atoms with E-state index in [1.54, 1.807) is 6.07 Å². The van der Waals surface area contributed by atoms with E-state index in [0.717, 1.165) is 18.0 Å². The third-order valence-electron chi connectivity index (χ3n) is 3.22. The summed E-state index contributed by atoms with van der Waals surface area (Å²) < 4.78 is 0. The molecule has 1 unspecified atom stereocenters. The molecule has 1 aliphatic rings. The van der Waals surface area contributed by atoms with Crippen molar-refractivity contribution in [2.45, 2.75) is 25.4 Å². The van der Waals surface area contributed by atoms with Crippen molar-refractivity contribution < 1.29 is 9.90 Å². The van der Waals surface area contributed by atoms with Crippen LogP contribution in [0.1, 0.15) is 27.4 Å². The topological polar surface area (TPSA) is 52.6 Å². The zero-order valence-electron chi connectivity index (χ0n) is 9.98. The van der Waals surface area contributed by atoms with Crippen molar-refractivity contribution >= 4 is 17.3 Å². The van der Waals surface area contributed by atoms with E-state index in [0.29, 0.717) is 10.9 Å². The molecule has 1 fully saturated rings. The molecular weight excluding hydrogens is 236 g/mol. The molecule has 0 saturated carbocycles. The fraction of sp³-hybridized carbons (Fsp3) is 0.583. The first-order valence-electron chi connectivity index (χ1n) is 5.90. The molecule has 0 radical (unpaired) electrons. The van der Waals surface area contributed by atoms with E-state index in [4.69, 9.17) is 5.11 Å². The summed E-state index contributed by atoms with van der Waals surface area (Å²) in [5.41, 5.74) is 0. The van der Waals surface area contributed by atoms with E-state index in [2.05, 4.69) is 17.3 Å². The van der Waals surface area contributed by atoms with Crippen LogP contribution in [0.3, 0.4) is 0 Å². The van der Waals surface area contributed by atoms with Gasteiger partial charge in [-0.05, 0) is 38.6 Å². The maximum atomic E-state index is 10.7. The summed E-state index contributed by atoms with van der Waals surface area (Å²) in [6.07, 6.45) is 2.54. The van der Waals surface area contributed by atoms with Gasteiger partial charge in [0.2, 0.25) is 0 Å². The third-order valence-corrected chi connectivity index (χ3v) is 4.30. The normalized spacial score (nSPS) is 20.9. The first-order chi connectivity index (χ1) is 8.16. The molecule has 1 aliphatic heterocycles. The molecular formula is C12H18N2O2S. The highest BCUT2D eigenvalue weighted by molar-refractivity contribution is 7.13. The smallest absolute Gasteiger partial charge is 0.345 e. The Labute approximate surface area is 105 Å². The van der Waals surface area contributed by atoms with E-state index in [1.165, 1.54) is 30.7 Å². The van der Waals surface area contributed by atoms with Crippen molar-refractivity contribution in [3.05, 3.63) is 21.9 Å². The number of nitrogens with one attached hydrogen (secondary N) is 1.